The molecule has 0 saturated carbocycles. The Morgan fingerprint density at radius 2 is 1.73 bits per heavy atom. The minimum absolute atomic E-state index is 0.00540. The van der Waals surface area contributed by atoms with Gasteiger partial charge in [0, 0.05) is 12.5 Å². The third-order valence-corrected chi connectivity index (χ3v) is 8.65. The summed E-state index contributed by atoms with van der Waals surface area (Å²) >= 11 is 0. The van der Waals surface area contributed by atoms with Crippen LogP contribution >= 0.6 is 0 Å². The van der Waals surface area contributed by atoms with Crippen LogP contribution in [0, 0.1) is 5.41 Å². The molecule has 0 aromatic heterocycles. The minimum atomic E-state index is -1.20. The normalized spacial score (nSPS) is 18.1. The van der Waals surface area contributed by atoms with E-state index in [0.29, 0.717) is 25.5 Å². The van der Waals surface area contributed by atoms with Crippen LogP contribution in [-0.4, -0.2) is 56.1 Å². The fraction of sp³-hybridized carbons (Fsp3) is 0.514. The number of rotatable bonds is 17. The maximum atomic E-state index is 13.1. The zero-order chi connectivity index (χ0) is 32.0. The lowest BCUT2D eigenvalue weighted by Gasteiger charge is -2.34. The number of hydrogen-bond acceptors (Lipinski definition) is 7. The van der Waals surface area contributed by atoms with Gasteiger partial charge in [-0.3, -0.25) is 4.79 Å². The third kappa shape index (κ3) is 7.87. The van der Waals surface area contributed by atoms with Crippen molar-refractivity contribution < 1.29 is 28.5 Å². The van der Waals surface area contributed by atoms with Gasteiger partial charge >= 0.3 is 11.9 Å². The number of carbonyl (C=O) groups is 2. The van der Waals surface area contributed by atoms with Gasteiger partial charge in [0.2, 0.25) is 0 Å². The second-order valence-corrected chi connectivity index (χ2v) is 13.2. The fourth-order valence-electron chi connectivity index (χ4n) is 5.58. The number of ether oxygens (including phenoxy) is 4. The van der Waals surface area contributed by atoms with E-state index in [-0.39, 0.29) is 19.8 Å². The molecule has 0 aliphatic heterocycles. The van der Waals surface area contributed by atoms with E-state index in [9.17, 15) is 9.59 Å². The molecule has 0 fully saturated rings. The van der Waals surface area contributed by atoms with E-state index >= 15 is 0 Å². The zero-order valence-electron chi connectivity index (χ0n) is 27.1. The largest absolute Gasteiger partial charge is 0.465 e. The third-order valence-electron chi connectivity index (χ3n) is 8.65. The van der Waals surface area contributed by atoms with Crippen molar-refractivity contribution in [1.82, 2.24) is 0 Å². The Morgan fingerprint density at radius 3 is 2.48 bits per heavy atom. The highest BCUT2D eigenvalue weighted by Gasteiger charge is 2.41. The smallest absolute Gasteiger partial charge is 0.337 e. The van der Waals surface area contributed by atoms with Crippen molar-refractivity contribution in [3.8, 4) is 0 Å². The Bertz CT molecular complexity index is 1360. The highest BCUT2D eigenvalue weighted by molar-refractivity contribution is 5.80. The number of esters is 2. The van der Waals surface area contributed by atoms with Crippen molar-refractivity contribution in [2.24, 2.45) is 11.1 Å². The van der Waals surface area contributed by atoms with Crippen molar-refractivity contribution in [2.75, 3.05) is 33.0 Å². The summed E-state index contributed by atoms with van der Waals surface area (Å²) in [5, 5.41) is 0. The number of unbranched alkanes of at least 4 members (excludes halogenated alkanes) is 1. The highest BCUT2D eigenvalue weighted by atomic mass is 16.6. The topological polar surface area (TPSA) is 97.1 Å². The SMILES string of the molecule is C=CC(C)(C)OCC(C)(COC(=O)C(C)(C)OCCCCc1ccc2c3c1C=CC1=CC=CC(=CC2)C13)C(=O)OCCCN. The molecule has 3 aliphatic rings. The number of nitrogens with two attached hydrogens (primary N) is 1. The van der Waals surface area contributed by atoms with Crippen molar-refractivity contribution >= 4 is 18.0 Å². The Kier molecular flexibility index (Phi) is 10.9. The van der Waals surface area contributed by atoms with Crippen LogP contribution in [0.15, 0.2) is 66.3 Å². The van der Waals surface area contributed by atoms with Gasteiger partial charge in [-0.15, -0.1) is 6.58 Å². The number of allylic oxidation sites excluding steroid dienone is 7. The van der Waals surface area contributed by atoms with Crippen LogP contribution in [0.5, 0.6) is 0 Å². The van der Waals surface area contributed by atoms with Crippen LogP contribution in [0.1, 0.15) is 82.1 Å². The van der Waals surface area contributed by atoms with E-state index in [4.69, 9.17) is 24.7 Å². The number of carbonyl (C=O) groups excluding carboxylic acids is 2. The van der Waals surface area contributed by atoms with Crippen LogP contribution in [0.3, 0.4) is 0 Å². The molecular formula is C37H49NO6. The van der Waals surface area contributed by atoms with Crippen molar-refractivity contribution in [3.63, 3.8) is 0 Å². The molecule has 2 unspecified atom stereocenters. The molecule has 0 spiro atoms. The van der Waals surface area contributed by atoms with E-state index in [2.05, 4.69) is 55.2 Å². The second kappa shape index (κ2) is 14.2. The van der Waals surface area contributed by atoms with Crippen molar-refractivity contribution in [2.45, 2.75) is 83.8 Å². The monoisotopic (exact) mass is 603 g/mol. The summed E-state index contributed by atoms with van der Waals surface area (Å²) in [4.78, 5) is 26.0. The first-order valence-electron chi connectivity index (χ1n) is 15.8. The van der Waals surface area contributed by atoms with Crippen LogP contribution in [0.4, 0.5) is 0 Å². The van der Waals surface area contributed by atoms with Gasteiger partial charge in [0.1, 0.15) is 12.0 Å². The van der Waals surface area contributed by atoms with Gasteiger partial charge in [-0.1, -0.05) is 54.7 Å². The molecule has 238 valence electrons. The van der Waals surface area contributed by atoms with Gasteiger partial charge < -0.3 is 24.7 Å². The molecule has 0 saturated heterocycles. The van der Waals surface area contributed by atoms with Crippen LogP contribution < -0.4 is 5.73 Å². The standard InChI is InChI=1S/C37H49NO6/c1-7-35(2,3)44-25-37(6,34(40)41-22-11-21-38)24-42-33(39)36(4,5)43-23-9-8-12-26-15-16-29-18-17-27-13-10-14-28-19-20-30(26)32(29)31(27)28/h7,10,13-17,19-20,31H,1,8-9,11-12,18,21-25,38H2,2-6H3. The predicted molar refractivity (Wildman–Crippen MR) is 174 cm³/mol. The molecule has 0 radical (unpaired) electrons. The predicted octanol–water partition coefficient (Wildman–Crippen LogP) is 6.32. The summed E-state index contributed by atoms with van der Waals surface area (Å²) in [7, 11) is 0. The van der Waals surface area contributed by atoms with Gasteiger partial charge in [0.25, 0.3) is 0 Å². The summed E-state index contributed by atoms with van der Waals surface area (Å²) in [6, 6.07) is 4.56. The van der Waals surface area contributed by atoms with E-state index in [0.717, 1.165) is 25.7 Å². The van der Waals surface area contributed by atoms with Gasteiger partial charge in [-0.25, -0.2) is 4.79 Å². The molecule has 4 rings (SSSR count). The van der Waals surface area contributed by atoms with Crippen molar-refractivity contribution in [3.05, 3.63) is 88.6 Å². The minimum Gasteiger partial charge on any atom is -0.465 e. The maximum Gasteiger partial charge on any atom is 0.337 e. The Morgan fingerprint density at radius 1 is 0.932 bits per heavy atom. The van der Waals surface area contributed by atoms with E-state index < -0.39 is 28.6 Å². The van der Waals surface area contributed by atoms with Crippen LogP contribution in [0.25, 0.3) is 6.08 Å². The number of hydrogen-bond donors (Lipinski definition) is 1. The Balaban J connectivity index is 1.28. The number of aryl methyl sites for hydroxylation is 1. The molecule has 44 heavy (non-hydrogen) atoms. The molecule has 7 nitrogen and oxygen atoms in total. The molecule has 2 atom stereocenters. The first kappa shape index (κ1) is 33.6. The van der Waals surface area contributed by atoms with Crippen molar-refractivity contribution in [1.29, 1.82) is 0 Å². The first-order chi connectivity index (χ1) is 20.9. The number of benzene rings is 1. The lowest BCUT2D eigenvalue weighted by Crippen LogP contribution is -2.45. The van der Waals surface area contributed by atoms with Gasteiger partial charge in [0.05, 0.1) is 18.8 Å². The van der Waals surface area contributed by atoms with Crippen LogP contribution in [0.2, 0.25) is 0 Å². The zero-order valence-corrected chi connectivity index (χ0v) is 27.1. The van der Waals surface area contributed by atoms with Gasteiger partial charge in [-0.05, 0) is 107 Å². The lowest BCUT2D eigenvalue weighted by atomic mass is 9.70. The molecule has 0 amide bonds. The Labute approximate surface area is 262 Å². The lowest BCUT2D eigenvalue weighted by molar-refractivity contribution is -0.181. The summed E-state index contributed by atoms with van der Waals surface area (Å²) in [6.45, 7) is 13.3. The first-order valence-corrected chi connectivity index (χ1v) is 15.8. The average Bonchev–Trinajstić information content (AvgIpc) is 3.01. The summed E-state index contributed by atoms with van der Waals surface area (Å²) < 4.78 is 23.0. The van der Waals surface area contributed by atoms with Gasteiger partial charge in [0.15, 0.2) is 5.60 Å². The summed E-state index contributed by atoms with van der Waals surface area (Å²) in [6.07, 6.45) is 19.4. The molecule has 7 heteroatoms. The van der Waals surface area contributed by atoms with E-state index in [1.807, 2.05) is 13.8 Å². The molecule has 3 aliphatic carbocycles. The quantitative estimate of drug-likeness (QED) is 0.127. The highest BCUT2D eigenvalue weighted by Crippen LogP contribution is 2.46. The molecule has 1 aromatic carbocycles. The second-order valence-electron chi connectivity index (χ2n) is 13.2. The van der Waals surface area contributed by atoms with E-state index in [1.165, 1.54) is 33.4 Å². The summed E-state index contributed by atoms with van der Waals surface area (Å²) in [5.74, 6) is -0.693. The molecule has 1 aromatic rings. The summed E-state index contributed by atoms with van der Waals surface area (Å²) in [5.41, 5.74) is 10.9. The maximum absolute atomic E-state index is 13.1. The molecular weight excluding hydrogens is 554 g/mol. The average molecular weight is 604 g/mol. The molecule has 0 heterocycles. The fourth-order valence-corrected chi connectivity index (χ4v) is 5.58. The van der Waals surface area contributed by atoms with Gasteiger partial charge in [-0.2, -0.15) is 0 Å². The molecule has 2 N–H and O–H groups in total. The Hall–Kier alpha value is -3.26. The molecule has 0 bridgehead atoms. The van der Waals surface area contributed by atoms with E-state index in [1.54, 1.807) is 26.8 Å². The van der Waals surface area contributed by atoms with Crippen LogP contribution in [-0.2, 0) is 41.4 Å².